The van der Waals surface area contributed by atoms with Crippen molar-refractivity contribution in [3.8, 4) is 0 Å². The molecule has 16 heavy (non-hydrogen) atoms. The molecule has 0 aliphatic heterocycles. The van der Waals surface area contributed by atoms with E-state index in [1.54, 1.807) is 11.8 Å². The van der Waals surface area contributed by atoms with Crippen LogP contribution in [0, 0.1) is 0 Å². The number of hydrogen-bond acceptors (Lipinski definition) is 6. The lowest BCUT2D eigenvalue weighted by atomic mass is 10.4. The van der Waals surface area contributed by atoms with Gasteiger partial charge in [0, 0.05) is 28.9 Å². The van der Waals surface area contributed by atoms with E-state index in [1.807, 2.05) is 0 Å². The van der Waals surface area contributed by atoms with Gasteiger partial charge in [0.2, 0.25) is 0 Å². The van der Waals surface area contributed by atoms with Crippen LogP contribution < -0.4 is 0 Å². The van der Waals surface area contributed by atoms with Crippen LogP contribution in [0.15, 0.2) is 0 Å². The van der Waals surface area contributed by atoms with Gasteiger partial charge in [0.1, 0.15) is 0 Å². The van der Waals surface area contributed by atoms with Gasteiger partial charge in [0.15, 0.2) is 0 Å². The van der Waals surface area contributed by atoms with E-state index in [2.05, 4.69) is 6.92 Å². The van der Waals surface area contributed by atoms with Crippen molar-refractivity contribution >= 4 is 46.9 Å². The monoisotopic (exact) mass is 306 g/mol. The van der Waals surface area contributed by atoms with Crippen molar-refractivity contribution < 1.29 is 15.3 Å². The van der Waals surface area contributed by atoms with E-state index in [0.29, 0.717) is 11.6 Å². The van der Waals surface area contributed by atoms with Gasteiger partial charge >= 0.3 is 0 Å². The zero-order valence-corrected chi connectivity index (χ0v) is 12.5. The molecule has 0 aromatic carbocycles. The van der Waals surface area contributed by atoms with Gasteiger partial charge in [-0.05, 0) is 5.75 Å². The molecule has 0 aromatic rings. The Hall–Kier alpha value is 1.22. The van der Waals surface area contributed by atoms with Crippen LogP contribution in [0.1, 0.15) is 6.92 Å². The maximum Gasteiger partial charge on any atom is 0.288 e. The van der Waals surface area contributed by atoms with Gasteiger partial charge in [0.05, 0.1) is 5.25 Å². The smallest absolute Gasteiger partial charge is 0.288 e. The zero-order chi connectivity index (χ0) is 12.4. The second-order valence-electron chi connectivity index (χ2n) is 3.01. The molecule has 0 radical (unpaired) electrons. The van der Waals surface area contributed by atoms with E-state index < -0.39 is 11.2 Å². The summed E-state index contributed by atoms with van der Waals surface area (Å²) in [5.74, 6) is 1.97. The Morgan fingerprint density at radius 2 is 1.81 bits per heavy atom. The minimum Gasteiger partial charge on any atom is -0.343 e. The first-order chi connectivity index (χ1) is 7.52. The lowest BCUT2D eigenvalue weighted by Gasteiger charge is -2.25. The molecule has 0 amide bonds. The van der Waals surface area contributed by atoms with Crippen LogP contribution in [0.4, 0.5) is 0 Å². The van der Waals surface area contributed by atoms with Crippen LogP contribution in [0.2, 0.25) is 0 Å². The van der Waals surface area contributed by atoms with Gasteiger partial charge in [0.25, 0.3) is 5.97 Å². The fraction of sp³-hybridized carbons (Fsp3) is 1.00. The Kier molecular flexibility index (Phi) is 10.9. The van der Waals surface area contributed by atoms with Crippen LogP contribution in [0.3, 0.4) is 0 Å². The van der Waals surface area contributed by atoms with E-state index in [-0.39, 0.29) is 0 Å². The van der Waals surface area contributed by atoms with Crippen molar-refractivity contribution in [2.75, 3.05) is 34.6 Å². The number of rotatable bonds is 10. The second-order valence-corrected chi connectivity index (χ2v) is 7.24. The van der Waals surface area contributed by atoms with Crippen LogP contribution in [0.25, 0.3) is 0 Å². The Morgan fingerprint density at radius 1 is 1.12 bits per heavy atom. The molecule has 1 unspecified atom stereocenters. The number of alkyl halides is 1. The molecule has 0 bridgehead atoms. The van der Waals surface area contributed by atoms with Gasteiger partial charge < -0.3 is 15.3 Å². The molecule has 98 valence electrons. The molecule has 3 N–H and O–H groups in total. The summed E-state index contributed by atoms with van der Waals surface area (Å²) in [5.41, 5.74) is 0. The van der Waals surface area contributed by atoms with Crippen molar-refractivity contribution in [3.63, 3.8) is 0 Å². The van der Waals surface area contributed by atoms with E-state index in [9.17, 15) is 15.3 Å². The molecule has 0 saturated heterocycles. The lowest BCUT2D eigenvalue weighted by molar-refractivity contribution is -0.307. The molecule has 0 fully saturated rings. The zero-order valence-electron chi connectivity index (χ0n) is 9.26. The third-order valence-corrected chi connectivity index (χ3v) is 5.84. The molecule has 0 aliphatic rings. The number of hydrogen-bond donors (Lipinski definition) is 3. The first kappa shape index (κ1) is 17.2. The highest BCUT2D eigenvalue weighted by Gasteiger charge is 2.32. The summed E-state index contributed by atoms with van der Waals surface area (Å²) in [4.78, 5) is 0. The van der Waals surface area contributed by atoms with Crippen molar-refractivity contribution in [3.05, 3.63) is 0 Å². The largest absolute Gasteiger partial charge is 0.343 e. The second kappa shape index (κ2) is 10.2. The maximum absolute atomic E-state index is 9.17. The Balaban J connectivity index is 3.82. The van der Waals surface area contributed by atoms with E-state index >= 15 is 0 Å². The van der Waals surface area contributed by atoms with E-state index in [4.69, 9.17) is 11.6 Å². The number of thioether (sulfide) groups is 3. The summed E-state index contributed by atoms with van der Waals surface area (Å²) >= 11 is 10.2. The van der Waals surface area contributed by atoms with Crippen LogP contribution >= 0.6 is 46.9 Å². The molecule has 7 heteroatoms. The molecule has 1 atom stereocenters. The first-order valence-electron chi connectivity index (χ1n) is 5.02. The molecule has 0 aliphatic carbocycles. The van der Waals surface area contributed by atoms with Crippen LogP contribution in [-0.2, 0) is 0 Å². The van der Waals surface area contributed by atoms with Gasteiger partial charge in [-0.1, -0.05) is 6.92 Å². The molecule has 0 saturated carbocycles. The lowest BCUT2D eigenvalue weighted by Crippen LogP contribution is -2.41. The highest BCUT2D eigenvalue weighted by atomic mass is 35.5. The quantitative estimate of drug-likeness (QED) is 0.323. The van der Waals surface area contributed by atoms with Crippen molar-refractivity contribution in [1.29, 1.82) is 0 Å². The molecule has 3 nitrogen and oxygen atoms in total. The molecule has 0 spiro atoms. The predicted molar refractivity (Wildman–Crippen MR) is 76.7 cm³/mol. The summed E-state index contributed by atoms with van der Waals surface area (Å²) in [6.07, 6.45) is 0. The van der Waals surface area contributed by atoms with Crippen molar-refractivity contribution in [1.82, 2.24) is 0 Å². The fourth-order valence-electron chi connectivity index (χ4n) is 0.910. The minimum atomic E-state index is -2.60. The average Bonchev–Trinajstić information content (AvgIpc) is 2.20. The average molecular weight is 307 g/mol. The Bertz CT molecular complexity index is 167. The van der Waals surface area contributed by atoms with Crippen LogP contribution in [0.5, 0.6) is 0 Å². The van der Waals surface area contributed by atoms with Crippen molar-refractivity contribution in [2.24, 2.45) is 0 Å². The summed E-state index contributed by atoms with van der Waals surface area (Å²) in [6.45, 7) is 2.08. The fourth-order valence-corrected chi connectivity index (χ4v) is 4.28. The normalized spacial score (nSPS) is 14.1. The van der Waals surface area contributed by atoms with Crippen LogP contribution in [-0.4, -0.2) is 61.2 Å². The third kappa shape index (κ3) is 9.27. The summed E-state index contributed by atoms with van der Waals surface area (Å²) in [6, 6.07) is 0. The Morgan fingerprint density at radius 3 is 2.31 bits per heavy atom. The minimum absolute atomic E-state index is 0.484. The topological polar surface area (TPSA) is 60.7 Å². The molecule has 0 heterocycles. The van der Waals surface area contributed by atoms with E-state index in [0.717, 1.165) is 23.0 Å². The molecular formula is C9H19ClO3S3. The first-order valence-corrected chi connectivity index (χ1v) is 8.91. The maximum atomic E-state index is 9.17. The van der Waals surface area contributed by atoms with Gasteiger partial charge in [-0.3, -0.25) is 0 Å². The highest BCUT2D eigenvalue weighted by molar-refractivity contribution is 8.04. The SMILES string of the molecule is CCSCCSC(CSCCCl)C(O)(O)O. The molecular weight excluding hydrogens is 288 g/mol. The molecule has 0 rings (SSSR count). The summed E-state index contributed by atoms with van der Waals surface area (Å²) in [7, 11) is 0. The number of halogens is 1. The standard InChI is InChI=1S/C9H19ClO3S3/c1-2-14-5-6-16-8(9(11,12)13)7-15-4-3-10/h8,11-13H,2-7H2,1H3. The Labute approximate surface area is 115 Å². The predicted octanol–water partition coefficient (Wildman–Crippen LogP) is 1.44. The van der Waals surface area contributed by atoms with Crippen molar-refractivity contribution in [2.45, 2.75) is 18.1 Å². The van der Waals surface area contributed by atoms with E-state index in [1.165, 1.54) is 23.5 Å². The molecule has 0 aromatic heterocycles. The number of aliphatic hydroxyl groups is 3. The third-order valence-electron chi connectivity index (χ3n) is 1.67. The van der Waals surface area contributed by atoms with Gasteiger partial charge in [-0.15, -0.1) is 23.4 Å². The summed E-state index contributed by atoms with van der Waals surface area (Å²) < 4.78 is 0. The summed E-state index contributed by atoms with van der Waals surface area (Å²) in [5, 5.41) is 26.9. The van der Waals surface area contributed by atoms with Gasteiger partial charge in [-0.25, -0.2) is 0 Å². The highest BCUT2D eigenvalue weighted by Crippen LogP contribution is 2.24. The van der Waals surface area contributed by atoms with Gasteiger partial charge in [-0.2, -0.15) is 23.5 Å².